The van der Waals surface area contributed by atoms with E-state index in [1.54, 1.807) is 18.2 Å². The van der Waals surface area contributed by atoms with E-state index < -0.39 is 17.3 Å². The third-order valence-electron chi connectivity index (χ3n) is 6.06. The number of carbonyl (C=O) groups is 1. The molecule has 1 aromatic carbocycles. The molecule has 0 saturated carbocycles. The minimum absolute atomic E-state index is 0.0358. The monoisotopic (exact) mass is 426 g/mol. The van der Waals surface area contributed by atoms with Crippen LogP contribution in [0.3, 0.4) is 0 Å². The van der Waals surface area contributed by atoms with Crippen molar-refractivity contribution in [1.29, 1.82) is 0 Å². The molecule has 29 heavy (non-hydrogen) atoms. The Labute approximate surface area is 174 Å². The van der Waals surface area contributed by atoms with Crippen molar-refractivity contribution in [2.24, 2.45) is 11.3 Å². The Hall–Kier alpha value is -1.90. The number of halogens is 2. The zero-order valence-electron chi connectivity index (χ0n) is 17.0. The molecule has 2 amide bonds. The Kier molecular flexibility index (Phi) is 6.65. The second-order valence-electron chi connectivity index (χ2n) is 8.13. The van der Waals surface area contributed by atoms with Gasteiger partial charge in [-0.1, -0.05) is 25.4 Å². The number of aliphatic hydroxyl groups excluding tert-OH is 1. The number of rotatable bonds is 6. The van der Waals surface area contributed by atoms with Gasteiger partial charge in [-0.3, -0.25) is 5.10 Å². The van der Waals surface area contributed by atoms with E-state index in [-0.39, 0.29) is 22.5 Å². The Balaban J connectivity index is 1.73. The van der Waals surface area contributed by atoms with Crippen LogP contribution in [0.25, 0.3) is 10.9 Å². The van der Waals surface area contributed by atoms with Gasteiger partial charge in [0.1, 0.15) is 5.82 Å². The number of nitrogens with one attached hydrogen (secondary N) is 2. The minimum atomic E-state index is -1.07. The highest BCUT2D eigenvalue weighted by Crippen LogP contribution is 2.47. The Morgan fingerprint density at radius 3 is 2.86 bits per heavy atom. The molecule has 1 fully saturated rings. The number of nitrogens with zero attached hydrogens (tertiary/aromatic N) is 2. The van der Waals surface area contributed by atoms with Gasteiger partial charge < -0.3 is 20.1 Å². The lowest BCUT2D eigenvalue weighted by atomic mass is 9.68. The summed E-state index contributed by atoms with van der Waals surface area (Å²) in [6, 6.07) is 1.39. The average Bonchev–Trinajstić information content (AvgIpc) is 3.16. The molecule has 1 atom stereocenters. The van der Waals surface area contributed by atoms with Crippen LogP contribution in [-0.4, -0.2) is 59.6 Å². The molecule has 0 aliphatic carbocycles. The summed E-state index contributed by atoms with van der Waals surface area (Å²) >= 11 is 6.05. The number of hydrogen-bond donors (Lipinski definition) is 3. The minimum Gasteiger partial charge on any atom is -0.388 e. The quantitative estimate of drug-likeness (QED) is 0.617. The second kappa shape index (κ2) is 8.85. The largest absolute Gasteiger partial charge is 0.388 e. The number of H-pyrrole nitrogens is 1. The number of carbonyl (C=O) groups excluding carboxylic acids is 1. The van der Waals surface area contributed by atoms with Crippen LogP contribution in [-0.2, 0) is 4.74 Å². The summed E-state index contributed by atoms with van der Waals surface area (Å²) in [7, 11) is 1.59. The van der Waals surface area contributed by atoms with Crippen LogP contribution in [0.15, 0.2) is 12.3 Å². The zero-order chi connectivity index (χ0) is 21.2. The summed E-state index contributed by atoms with van der Waals surface area (Å²) in [5, 5.41) is 21.4. The highest BCUT2D eigenvalue weighted by molar-refractivity contribution is 6.31. The first-order chi connectivity index (χ1) is 13.8. The number of aliphatic hydroxyl groups is 1. The van der Waals surface area contributed by atoms with Crippen LogP contribution in [0.5, 0.6) is 0 Å². The highest BCUT2D eigenvalue weighted by atomic mass is 35.5. The summed E-state index contributed by atoms with van der Waals surface area (Å²) in [4.78, 5) is 14.0. The van der Waals surface area contributed by atoms with Crippen molar-refractivity contribution in [3.8, 4) is 0 Å². The van der Waals surface area contributed by atoms with Crippen LogP contribution in [0.2, 0.25) is 5.02 Å². The number of hydrogen-bond acceptors (Lipinski definition) is 4. The number of aromatic amines is 1. The number of urea groups is 1. The molecule has 1 aliphatic rings. The number of fused-ring (bicyclic) bond motifs is 1. The predicted octanol–water partition coefficient (Wildman–Crippen LogP) is 3.48. The third kappa shape index (κ3) is 4.34. The number of aromatic nitrogens is 2. The van der Waals surface area contributed by atoms with Gasteiger partial charge in [0.15, 0.2) is 0 Å². The molecule has 0 spiro atoms. The van der Waals surface area contributed by atoms with Crippen molar-refractivity contribution in [3.05, 3.63) is 28.7 Å². The third-order valence-corrected chi connectivity index (χ3v) is 6.34. The zero-order valence-corrected chi connectivity index (χ0v) is 17.7. The highest BCUT2D eigenvalue weighted by Gasteiger charge is 2.41. The van der Waals surface area contributed by atoms with Gasteiger partial charge in [0.05, 0.1) is 29.4 Å². The second-order valence-corrected chi connectivity index (χ2v) is 8.54. The topological polar surface area (TPSA) is 90.5 Å². The van der Waals surface area contributed by atoms with Crippen molar-refractivity contribution in [2.75, 3.05) is 33.4 Å². The molecular weight excluding hydrogens is 399 g/mol. The molecule has 2 aromatic rings. The molecule has 1 aliphatic heterocycles. The molecule has 0 bridgehead atoms. The maximum atomic E-state index is 14.9. The summed E-state index contributed by atoms with van der Waals surface area (Å²) in [6.07, 6.45) is 1.92. The molecule has 3 N–H and O–H groups in total. The van der Waals surface area contributed by atoms with Crippen LogP contribution >= 0.6 is 11.6 Å². The van der Waals surface area contributed by atoms with Crippen LogP contribution in [0.4, 0.5) is 9.18 Å². The van der Waals surface area contributed by atoms with E-state index >= 15 is 0 Å². The van der Waals surface area contributed by atoms with E-state index in [2.05, 4.69) is 15.5 Å². The fraction of sp³-hybridized carbons (Fsp3) is 0.600. The van der Waals surface area contributed by atoms with Crippen molar-refractivity contribution >= 4 is 28.5 Å². The van der Waals surface area contributed by atoms with Gasteiger partial charge in [-0.15, -0.1) is 0 Å². The molecule has 0 radical (unpaired) electrons. The molecule has 2 heterocycles. The van der Waals surface area contributed by atoms with Crippen molar-refractivity contribution in [2.45, 2.75) is 32.8 Å². The van der Waals surface area contributed by atoms with Crippen molar-refractivity contribution < 1.29 is 19.0 Å². The summed E-state index contributed by atoms with van der Waals surface area (Å²) in [5.74, 6) is -0.518. The Morgan fingerprint density at radius 2 is 2.21 bits per heavy atom. The maximum absolute atomic E-state index is 14.9. The number of methoxy groups -OCH3 is 1. The lowest BCUT2D eigenvalue weighted by Crippen LogP contribution is -2.47. The summed E-state index contributed by atoms with van der Waals surface area (Å²) < 4.78 is 19.8. The summed E-state index contributed by atoms with van der Waals surface area (Å²) in [6.45, 7) is 5.95. The summed E-state index contributed by atoms with van der Waals surface area (Å²) in [5.41, 5.74) is -0.0143. The molecular formula is C20H28ClFN4O3. The fourth-order valence-electron chi connectivity index (χ4n) is 4.11. The van der Waals surface area contributed by atoms with Gasteiger partial charge in [-0.2, -0.15) is 5.10 Å². The number of amides is 2. The van der Waals surface area contributed by atoms with E-state index in [0.717, 1.165) is 12.8 Å². The number of ether oxygens (including phenoxy) is 1. The SMILES string of the molecule is COCCNC(=O)N1CCC(C(C)(C)[C@H](O)c2c(F)c(Cl)cc3cn[nH]c23)CC1. The van der Waals surface area contributed by atoms with Gasteiger partial charge in [0.25, 0.3) is 0 Å². The Morgan fingerprint density at radius 1 is 1.52 bits per heavy atom. The van der Waals surface area contributed by atoms with Gasteiger partial charge in [0, 0.05) is 37.7 Å². The first-order valence-corrected chi connectivity index (χ1v) is 10.2. The fourth-order valence-corrected chi connectivity index (χ4v) is 4.33. The van der Waals surface area contributed by atoms with Crippen molar-refractivity contribution in [3.63, 3.8) is 0 Å². The Bertz CT molecular complexity index is 865. The number of piperidine rings is 1. The van der Waals surface area contributed by atoms with E-state index in [1.807, 2.05) is 13.8 Å². The van der Waals surface area contributed by atoms with Gasteiger partial charge in [0.2, 0.25) is 0 Å². The predicted molar refractivity (Wildman–Crippen MR) is 109 cm³/mol. The number of likely N-dealkylation sites (tertiary alicyclic amines) is 1. The molecule has 7 nitrogen and oxygen atoms in total. The number of benzene rings is 1. The molecule has 9 heteroatoms. The van der Waals surface area contributed by atoms with Crippen LogP contribution in [0, 0.1) is 17.2 Å². The van der Waals surface area contributed by atoms with E-state index in [0.29, 0.717) is 37.1 Å². The van der Waals surface area contributed by atoms with Crippen molar-refractivity contribution in [1.82, 2.24) is 20.4 Å². The van der Waals surface area contributed by atoms with Gasteiger partial charge in [-0.25, -0.2) is 9.18 Å². The smallest absolute Gasteiger partial charge is 0.317 e. The van der Waals surface area contributed by atoms with Gasteiger partial charge >= 0.3 is 6.03 Å². The normalized spacial score (nSPS) is 17.0. The van der Waals surface area contributed by atoms with Crippen LogP contribution < -0.4 is 5.32 Å². The first-order valence-electron chi connectivity index (χ1n) is 9.78. The van der Waals surface area contributed by atoms with E-state index in [1.165, 1.54) is 6.07 Å². The average molecular weight is 427 g/mol. The lowest BCUT2D eigenvalue weighted by Gasteiger charge is -2.43. The maximum Gasteiger partial charge on any atom is 0.317 e. The standard InChI is InChI=1S/C20H28ClFN4O3/c1-20(2,13-4-7-26(8-5-13)19(28)23-6-9-29-3)18(27)15-16(22)14(21)10-12-11-24-25-17(12)15/h10-11,13,18,27H,4-9H2,1-3H3,(H,23,28)(H,24,25)/t18-/m1/s1. The molecule has 0 unspecified atom stereocenters. The van der Waals surface area contributed by atoms with E-state index in [4.69, 9.17) is 16.3 Å². The van der Waals surface area contributed by atoms with E-state index in [9.17, 15) is 14.3 Å². The molecule has 1 aromatic heterocycles. The van der Waals surface area contributed by atoms with Gasteiger partial charge in [-0.05, 0) is 30.2 Å². The molecule has 1 saturated heterocycles. The molecule has 160 valence electrons. The van der Waals surface area contributed by atoms with Crippen LogP contribution in [0.1, 0.15) is 38.4 Å². The first kappa shape index (κ1) is 21.8. The molecule has 3 rings (SSSR count). The lowest BCUT2D eigenvalue weighted by molar-refractivity contribution is -0.0162.